The molecule has 34 heavy (non-hydrogen) atoms. The lowest BCUT2D eigenvalue weighted by Gasteiger charge is -2.40. The molecule has 1 N–H and O–H groups in total. The molecule has 0 saturated carbocycles. The van der Waals surface area contributed by atoms with Crippen molar-refractivity contribution < 1.29 is 9.53 Å². The van der Waals surface area contributed by atoms with Crippen molar-refractivity contribution in [2.24, 2.45) is 0 Å². The van der Waals surface area contributed by atoms with Gasteiger partial charge in [0.05, 0.1) is 22.5 Å². The first-order valence-corrected chi connectivity index (χ1v) is 11.4. The Labute approximate surface area is 201 Å². The first kappa shape index (κ1) is 22.1. The van der Waals surface area contributed by atoms with Gasteiger partial charge in [0.25, 0.3) is 0 Å². The molecule has 9 nitrogen and oxygen atoms in total. The van der Waals surface area contributed by atoms with Crippen molar-refractivity contribution in [2.45, 2.75) is 26.8 Å². The Hall–Kier alpha value is -3.72. The molecule has 1 aromatic carbocycles. The molecule has 0 aliphatic carbocycles. The molecule has 3 aromatic heterocycles. The van der Waals surface area contributed by atoms with Crippen molar-refractivity contribution in [3.05, 3.63) is 53.6 Å². The number of amides is 1. The second-order valence-corrected chi connectivity index (χ2v) is 8.85. The highest BCUT2D eigenvalue weighted by atomic mass is 35.5. The minimum Gasteiger partial charge on any atom is -0.436 e. The number of aryl methyl sites for hydroxylation is 1. The highest BCUT2D eigenvalue weighted by molar-refractivity contribution is 6.32. The van der Waals surface area contributed by atoms with E-state index in [9.17, 15) is 4.79 Å². The number of anilines is 1. The highest BCUT2D eigenvalue weighted by Gasteiger charge is 2.28. The van der Waals surface area contributed by atoms with E-state index in [0.717, 1.165) is 33.4 Å². The van der Waals surface area contributed by atoms with Crippen molar-refractivity contribution in [3.8, 4) is 11.6 Å². The summed E-state index contributed by atoms with van der Waals surface area (Å²) in [7, 11) is 0. The molecule has 0 bridgehead atoms. The first-order chi connectivity index (χ1) is 16.4. The van der Waals surface area contributed by atoms with Crippen molar-refractivity contribution in [3.63, 3.8) is 0 Å². The molecule has 0 spiro atoms. The lowest BCUT2D eigenvalue weighted by molar-refractivity contribution is -0.128. The average molecular weight is 478 g/mol. The van der Waals surface area contributed by atoms with Crippen molar-refractivity contribution in [2.75, 3.05) is 24.5 Å². The van der Waals surface area contributed by atoms with Crippen LogP contribution in [0.2, 0.25) is 5.02 Å². The largest absolute Gasteiger partial charge is 0.436 e. The Morgan fingerprint density at radius 2 is 2.09 bits per heavy atom. The summed E-state index contributed by atoms with van der Waals surface area (Å²) in [5.41, 5.74) is 2.94. The second-order valence-electron chi connectivity index (χ2n) is 8.44. The van der Waals surface area contributed by atoms with E-state index >= 15 is 0 Å². The number of hydrogen-bond acceptors (Lipinski definition) is 7. The minimum atomic E-state index is -0.0575. The van der Waals surface area contributed by atoms with Crippen molar-refractivity contribution >= 4 is 45.1 Å². The molecule has 5 rings (SSSR count). The number of aromatic nitrogens is 5. The molecular weight excluding hydrogens is 454 g/mol. The van der Waals surface area contributed by atoms with E-state index in [0.29, 0.717) is 41.8 Å². The van der Waals surface area contributed by atoms with Crippen LogP contribution in [-0.4, -0.2) is 61.6 Å². The smallest absolute Gasteiger partial charge is 0.246 e. The predicted octanol–water partition coefficient (Wildman–Crippen LogP) is 4.19. The summed E-state index contributed by atoms with van der Waals surface area (Å²) >= 11 is 6.44. The number of fused-ring (bicyclic) bond motifs is 2. The molecule has 174 valence electrons. The molecule has 1 aliphatic heterocycles. The number of hydrogen-bond donors (Lipinski definition) is 1. The number of rotatable bonds is 4. The summed E-state index contributed by atoms with van der Waals surface area (Å²) in [4.78, 5) is 29.9. The van der Waals surface area contributed by atoms with Crippen LogP contribution < -0.4 is 9.64 Å². The molecule has 1 atom stereocenters. The number of halogens is 1. The molecule has 1 saturated heterocycles. The molecule has 0 radical (unpaired) electrons. The summed E-state index contributed by atoms with van der Waals surface area (Å²) in [6.07, 6.45) is 4.59. The van der Waals surface area contributed by atoms with Crippen LogP contribution in [0.15, 0.2) is 37.3 Å². The topological polar surface area (TPSA) is 100 Å². The summed E-state index contributed by atoms with van der Waals surface area (Å²) < 4.78 is 6.35. The molecule has 10 heteroatoms. The van der Waals surface area contributed by atoms with E-state index < -0.39 is 0 Å². The monoisotopic (exact) mass is 477 g/mol. The third-order valence-corrected chi connectivity index (χ3v) is 6.56. The van der Waals surface area contributed by atoms with Gasteiger partial charge in [-0.3, -0.25) is 9.89 Å². The predicted molar refractivity (Wildman–Crippen MR) is 132 cm³/mol. The van der Waals surface area contributed by atoms with Crippen LogP contribution in [0.4, 0.5) is 5.82 Å². The lowest BCUT2D eigenvalue weighted by Crippen LogP contribution is -2.54. The van der Waals surface area contributed by atoms with Gasteiger partial charge in [0, 0.05) is 42.0 Å². The van der Waals surface area contributed by atoms with Gasteiger partial charge in [0.1, 0.15) is 23.4 Å². The van der Waals surface area contributed by atoms with Gasteiger partial charge in [-0.2, -0.15) is 5.10 Å². The fraction of sp³-hybridized carbons (Fsp3) is 0.292. The molecule has 1 unspecified atom stereocenters. The zero-order chi connectivity index (χ0) is 24.0. The summed E-state index contributed by atoms with van der Waals surface area (Å²) in [6.45, 7) is 11.3. The van der Waals surface area contributed by atoms with Crippen LogP contribution in [0.5, 0.6) is 11.6 Å². The number of ether oxygens (including phenoxy) is 1. The Bertz CT molecular complexity index is 1430. The summed E-state index contributed by atoms with van der Waals surface area (Å²) in [6, 6.07) is 3.81. The van der Waals surface area contributed by atoms with Crippen LogP contribution in [0, 0.1) is 13.8 Å². The first-order valence-electron chi connectivity index (χ1n) is 11.0. The van der Waals surface area contributed by atoms with Gasteiger partial charge in [-0.25, -0.2) is 15.0 Å². The van der Waals surface area contributed by atoms with Gasteiger partial charge in [-0.05, 0) is 39.0 Å². The number of carbonyl (C=O) groups excluding carboxylic acids is 1. The van der Waals surface area contributed by atoms with Crippen LogP contribution in [0.3, 0.4) is 0 Å². The van der Waals surface area contributed by atoms with E-state index in [4.69, 9.17) is 16.3 Å². The standard InChI is InChI=1S/C24H24ClN7O2/c1-5-20(33)32-7-6-31(11-14(32)3)23-16-8-13(2)29-24(21(16)26-12-27-23)34-22-15(4)18(25)9-19-17(22)10-28-30-19/h5,8-10,12,14H,1,6-7,11H2,2-4H3,(H,28,30). The zero-order valence-electron chi connectivity index (χ0n) is 19.2. The Morgan fingerprint density at radius 1 is 1.26 bits per heavy atom. The fourth-order valence-electron chi connectivity index (χ4n) is 4.42. The molecule has 4 heterocycles. The maximum atomic E-state index is 12.1. The summed E-state index contributed by atoms with van der Waals surface area (Å²) in [5.74, 6) is 1.69. The van der Waals surface area contributed by atoms with Gasteiger partial charge in [-0.15, -0.1) is 0 Å². The number of nitrogens with zero attached hydrogens (tertiary/aromatic N) is 6. The highest BCUT2D eigenvalue weighted by Crippen LogP contribution is 2.39. The normalized spacial score (nSPS) is 16.3. The van der Waals surface area contributed by atoms with Crippen LogP contribution in [0.25, 0.3) is 21.8 Å². The number of piperazine rings is 1. The minimum absolute atomic E-state index is 0.0198. The van der Waals surface area contributed by atoms with Gasteiger partial charge in [0.2, 0.25) is 11.8 Å². The van der Waals surface area contributed by atoms with E-state index in [1.807, 2.05) is 37.8 Å². The van der Waals surface area contributed by atoms with Crippen molar-refractivity contribution in [1.82, 2.24) is 30.0 Å². The molecule has 1 fully saturated rings. The quantitative estimate of drug-likeness (QED) is 0.440. The number of carbonyl (C=O) groups is 1. The third kappa shape index (κ3) is 3.71. The van der Waals surface area contributed by atoms with E-state index in [1.165, 1.54) is 12.4 Å². The van der Waals surface area contributed by atoms with E-state index in [1.54, 1.807) is 6.20 Å². The fourth-order valence-corrected chi connectivity index (χ4v) is 4.62. The number of aromatic amines is 1. The Balaban J connectivity index is 1.56. The number of H-pyrrole nitrogens is 1. The van der Waals surface area contributed by atoms with Gasteiger partial charge < -0.3 is 14.5 Å². The lowest BCUT2D eigenvalue weighted by atomic mass is 10.1. The second kappa shape index (κ2) is 8.57. The van der Waals surface area contributed by atoms with Gasteiger partial charge in [0.15, 0.2) is 0 Å². The summed E-state index contributed by atoms with van der Waals surface area (Å²) in [5, 5.41) is 9.27. The maximum Gasteiger partial charge on any atom is 0.246 e. The number of benzene rings is 1. The maximum absolute atomic E-state index is 12.1. The zero-order valence-corrected chi connectivity index (χ0v) is 19.9. The average Bonchev–Trinajstić information content (AvgIpc) is 3.29. The van der Waals surface area contributed by atoms with Crippen molar-refractivity contribution in [1.29, 1.82) is 0 Å². The van der Waals surface area contributed by atoms with E-state index in [-0.39, 0.29) is 11.9 Å². The SMILES string of the molecule is C=CC(=O)N1CCN(c2ncnc3c(Oc4c(C)c(Cl)cc5[nH]ncc45)nc(C)cc23)CC1C. The number of nitrogens with one attached hydrogen (secondary N) is 1. The molecule has 4 aromatic rings. The third-order valence-electron chi connectivity index (χ3n) is 6.16. The van der Waals surface area contributed by atoms with Crippen LogP contribution in [0.1, 0.15) is 18.2 Å². The molecular formula is C24H24ClN7O2. The van der Waals surface area contributed by atoms with E-state index in [2.05, 4.69) is 36.6 Å². The Kier molecular flexibility index (Phi) is 5.57. The van der Waals surface area contributed by atoms with Gasteiger partial charge >= 0.3 is 0 Å². The molecule has 1 amide bonds. The van der Waals surface area contributed by atoms with Crippen LogP contribution >= 0.6 is 11.6 Å². The number of pyridine rings is 1. The van der Waals surface area contributed by atoms with Gasteiger partial charge in [-0.1, -0.05) is 18.2 Å². The molecule has 1 aliphatic rings. The Morgan fingerprint density at radius 3 is 2.85 bits per heavy atom. The van der Waals surface area contributed by atoms with Crippen LogP contribution in [-0.2, 0) is 4.79 Å².